The Morgan fingerprint density at radius 3 is 2.57 bits per heavy atom. The zero-order valence-electron chi connectivity index (χ0n) is 16.5. The van der Waals surface area contributed by atoms with Gasteiger partial charge < -0.3 is 14.2 Å². The van der Waals surface area contributed by atoms with Crippen LogP contribution in [0.15, 0.2) is 54.7 Å². The van der Waals surface area contributed by atoms with E-state index in [4.69, 9.17) is 14.2 Å². The van der Waals surface area contributed by atoms with Gasteiger partial charge in [-0.15, -0.1) is 0 Å². The summed E-state index contributed by atoms with van der Waals surface area (Å²) in [7, 11) is 0. The van der Waals surface area contributed by atoms with E-state index < -0.39 is 5.41 Å². The van der Waals surface area contributed by atoms with E-state index in [-0.39, 0.29) is 12.6 Å². The number of hydrogen-bond acceptors (Lipinski definition) is 5. The third kappa shape index (κ3) is 2.84. The first-order valence-electron chi connectivity index (χ1n) is 10.4. The van der Waals surface area contributed by atoms with Gasteiger partial charge in [0.25, 0.3) is 0 Å². The normalized spacial score (nSPS) is 17.3. The molecule has 3 aromatic rings. The predicted octanol–water partition coefficient (Wildman–Crippen LogP) is 4.26. The summed E-state index contributed by atoms with van der Waals surface area (Å²) in [5.74, 6) is 2.68. The number of hydrogen-bond donors (Lipinski definition) is 0. The molecule has 1 aromatic heterocycles. The summed E-state index contributed by atoms with van der Waals surface area (Å²) in [6.07, 6.45) is 4.90. The molecule has 6 rings (SSSR count). The van der Waals surface area contributed by atoms with Gasteiger partial charge in [0.15, 0.2) is 11.5 Å². The summed E-state index contributed by atoms with van der Waals surface area (Å²) in [4.78, 5) is 17.7. The van der Waals surface area contributed by atoms with E-state index >= 15 is 0 Å². The molecule has 2 aromatic carbocycles. The Bertz CT molecular complexity index is 1150. The Kier molecular flexibility index (Phi) is 3.85. The molecule has 5 nitrogen and oxygen atoms in total. The predicted molar refractivity (Wildman–Crippen MR) is 111 cm³/mol. The van der Waals surface area contributed by atoms with Crippen LogP contribution in [0.4, 0.5) is 0 Å². The van der Waals surface area contributed by atoms with E-state index in [1.807, 2.05) is 42.6 Å². The van der Waals surface area contributed by atoms with Crippen LogP contribution in [-0.4, -0.2) is 24.2 Å². The van der Waals surface area contributed by atoms with Crippen LogP contribution in [0, 0.1) is 0 Å². The smallest absolute Gasteiger partial charge is 0.231 e. The number of benzene rings is 2. The summed E-state index contributed by atoms with van der Waals surface area (Å²) in [6.45, 7) is 0.996. The highest BCUT2D eigenvalue weighted by Crippen LogP contribution is 2.51. The second-order valence-corrected chi connectivity index (χ2v) is 8.21. The average molecular weight is 399 g/mol. The number of ketones is 1. The Morgan fingerprint density at radius 1 is 0.900 bits per heavy atom. The maximum atomic E-state index is 13.2. The lowest BCUT2D eigenvalue weighted by Crippen LogP contribution is -2.22. The molecule has 5 heteroatoms. The molecule has 2 aliphatic heterocycles. The van der Waals surface area contributed by atoms with Crippen molar-refractivity contribution in [3.63, 3.8) is 0 Å². The second kappa shape index (κ2) is 6.59. The summed E-state index contributed by atoms with van der Waals surface area (Å²) in [5, 5.41) is 0. The topological polar surface area (TPSA) is 57.7 Å². The Morgan fingerprint density at radius 2 is 1.73 bits per heavy atom. The monoisotopic (exact) mass is 399 g/mol. The van der Waals surface area contributed by atoms with Crippen LogP contribution in [0.25, 0.3) is 11.1 Å². The van der Waals surface area contributed by atoms with Crippen molar-refractivity contribution >= 4 is 5.78 Å². The zero-order chi connectivity index (χ0) is 20.1. The van der Waals surface area contributed by atoms with Crippen molar-refractivity contribution in [1.82, 2.24) is 4.98 Å². The third-order valence-corrected chi connectivity index (χ3v) is 6.40. The first kappa shape index (κ1) is 17.5. The van der Waals surface area contributed by atoms with E-state index in [0.29, 0.717) is 6.42 Å². The van der Waals surface area contributed by atoms with Gasteiger partial charge in [-0.05, 0) is 59.9 Å². The lowest BCUT2D eigenvalue weighted by atomic mass is 9.88. The van der Waals surface area contributed by atoms with Crippen molar-refractivity contribution in [3.8, 4) is 28.4 Å². The average Bonchev–Trinajstić information content (AvgIpc) is 3.23. The van der Waals surface area contributed by atoms with Crippen molar-refractivity contribution < 1.29 is 19.0 Å². The summed E-state index contributed by atoms with van der Waals surface area (Å²) in [5.41, 5.74) is 4.85. The zero-order valence-corrected chi connectivity index (χ0v) is 16.5. The van der Waals surface area contributed by atoms with Gasteiger partial charge >= 0.3 is 0 Å². The van der Waals surface area contributed by atoms with Crippen LogP contribution in [-0.2, 0) is 23.1 Å². The van der Waals surface area contributed by atoms with E-state index in [1.165, 1.54) is 5.56 Å². The lowest BCUT2D eigenvalue weighted by molar-refractivity contribution is -0.120. The molecule has 0 saturated heterocycles. The van der Waals surface area contributed by atoms with Gasteiger partial charge in [-0.3, -0.25) is 9.78 Å². The number of aromatic nitrogens is 1. The fourth-order valence-corrected chi connectivity index (χ4v) is 4.45. The molecule has 3 aliphatic rings. The van der Waals surface area contributed by atoms with Gasteiger partial charge in [0, 0.05) is 30.3 Å². The fraction of sp³-hybridized carbons (Fsp3) is 0.280. The van der Waals surface area contributed by atoms with Crippen molar-refractivity contribution in [2.24, 2.45) is 0 Å². The second-order valence-electron chi connectivity index (χ2n) is 8.21. The van der Waals surface area contributed by atoms with Gasteiger partial charge in [0.2, 0.25) is 6.79 Å². The lowest BCUT2D eigenvalue weighted by Gasteiger charge is -2.15. The van der Waals surface area contributed by atoms with Crippen LogP contribution >= 0.6 is 0 Å². The number of fused-ring (bicyclic) bond motifs is 2. The van der Waals surface area contributed by atoms with E-state index in [0.717, 1.165) is 65.5 Å². The number of carbonyl (C=O) groups excluding carboxylic acids is 1. The highest BCUT2D eigenvalue weighted by molar-refractivity contribution is 5.94. The Hall–Kier alpha value is -3.34. The molecule has 0 bridgehead atoms. The van der Waals surface area contributed by atoms with Crippen LogP contribution < -0.4 is 14.2 Å². The first-order valence-corrected chi connectivity index (χ1v) is 10.4. The van der Waals surface area contributed by atoms with Crippen LogP contribution in [0.2, 0.25) is 0 Å². The summed E-state index contributed by atoms with van der Waals surface area (Å²) in [6, 6.07) is 16.1. The minimum atomic E-state index is -0.401. The van der Waals surface area contributed by atoms with Crippen LogP contribution in [0.1, 0.15) is 29.7 Å². The highest BCUT2D eigenvalue weighted by atomic mass is 16.7. The molecule has 0 N–H and O–H groups in total. The van der Waals surface area contributed by atoms with Gasteiger partial charge in [-0.2, -0.15) is 0 Å². The Labute approximate surface area is 174 Å². The number of carbonyl (C=O) groups is 1. The quantitative estimate of drug-likeness (QED) is 0.642. The molecule has 150 valence electrons. The minimum Gasteiger partial charge on any atom is -0.493 e. The van der Waals surface area contributed by atoms with Gasteiger partial charge in [0.05, 0.1) is 12.0 Å². The third-order valence-electron chi connectivity index (χ3n) is 6.40. The first-order chi connectivity index (χ1) is 14.7. The maximum Gasteiger partial charge on any atom is 0.231 e. The largest absolute Gasteiger partial charge is 0.493 e. The standard InChI is InChI=1S/C25H21NO4/c27-24(25(8-9-25)19-3-6-22-23(12-19)30-15-29-22)13-20-4-1-18(14-26-20)16-2-5-21-17(11-16)7-10-28-21/h1-6,11-12,14H,7-10,13,15H2. The van der Waals surface area contributed by atoms with E-state index in [9.17, 15) is 4.79 Å². The van der Waals surface area contributed by atoms with Crippen molar-refractivity contribution in [2.45, 2.75) is 31.1 Å². The number of ether oxygens (including phenoxy) is 3. The molecule has 1 fully saturated rings. The highest BCUT2D eigenvalue weighted by Gasteiger charge is 2.50. The van der Waals surface area contributed by atoms with Crippen molar-refractivity contribution in [2.75, 3.05) is 13.4 Å². The van der Waals surface area contributed by atoms with Crippen molar-refractivity contribution in [1.29, 1.82) is 0 Å². The molecule has 1 aliphatic carbocycles. The van der Waals surface area contributed by atoms with Gasteiger partial charge in [-0.1, -0.05) is 18.2 Å². The molecule has 0 unspecified atom stereocenters. The van der Waals surface area contributed by atoms with Crippen molar-refractivity contribution in [3.05, 3.63) is 71.5 Å². The van der Waals surface area contributed by atoms with E-state index in [2.05, 4.69) is 17.1 Å². The molecule has 0 spiro atoms. The number of rotatable bonds is 5. The molecular weight excluding hydrogens is 378 g/mol. The molecular formula is C25H21NO4. The maximum absolute atomic E-state index is 13.2. The summed E-state index contributed by atoms with van der Waals surface area (Å²) >= 11 is 0. The fourth-order valence-electron chi connectivity index (χ4n) is 4.45. The SMILES string of the molecule is O=C(Cc1ccc(-c2ccc3c(c2)CCO3)cn1)C1(c2ccc3c(c2)OCO3)CC1. The molecule has 3 heterocycles. The number of pyridine rings is 1. The Balaban J connectivity index is 1.20. The summed E-state index contributed by atoms with van der Waals surface area (Å²) < 4.78 is 16.5. The number of nitrogens with zero attached hydrogens (tertiary/aromatic N) is 1. The molecule has 0 radical (unpaired) electrons. The van der Waals surface area contributed by atoms with E-state index in [1.54, 1.807) is 0 Å². The molecule has 0 atom stereocenters. The van der Waals surface area contributed by atoms with Gasteiger partial charge in [0.1, 0.15) is 11.5 Å². The molecule has 1 saturated carbocycles. The van der Waals surface area contributed by atoms with Crippen LogP contribution in [0.5, 0.6) is 17.2 Å². The van der Waals surface area contributed by atoms with Crippen LogP contribution in [0.3, 0.4) is 0 Å². The molecule has 30 heavy (non-hydrogen) atoms. The number of Topliss-reactive ketones (excluding diaryl/α,β-unsaturated/α-hetero) is 1. The van der Waals surface area contributed by atoms with Gasteiger partial charge in [-0.25, -0.2) is 0 Å². The molecule has 0 amide bonds. The minimum absolute atomic E-state index is 0.219.